The van der Waals surface area contributed by atoms with Crippen LogP contribution in [0.4, 0.5) is 5.69 Å². The van der Waals surface area contributed by atoms with Crippen molar-refractivity contribution in [2.45, 2.75) is 40.0 Å². The first-order chi connectivity index (χ1) is 9.02. The Bertz CT molecular complexity index is 485. The van der Waals surface area contributed by atoms with E-state index < -0.39 is 0 Å². The van der Waals surface area contributed by atoms with Crippen LogP contribution in [-0.4, -0.2) is 23.1 Å². The molecule has 0 amide bonds. The lowest BCUT2D eigenvalue weighted by molar-refractivity contribution is 0.404. The molecular formula is C15H23N3S. The fourth-order valence-corrected chi connectivity index (χ4v) is 3.23. The van der Waals surface area contributed by atoms with Gasteiger partial charge >= 0.3 is 0 Å². The van der Waals surface area contributed by atoms with E-state index in [0.717, 1.165) is 36.0 Å². The summed E-state index contributed by atoms with van der Waals surface area (Å²) in [4.78, 5) is 7.39. The van der Waals surface area contributed by atoms with Crippen molar-refractivity contribution in [3.8, 4) is 0 Å². The van der Waals surface area contributed by atoms with Crippen LogP contribution in [0.25, 0.3) is 0 Å². The van der Waals surface area contributed by atoms with Crippen LogP contribution in [0.15, 0.2) is 6.07 Å². The van der Waals surface area contributed by atoms with Crippen LogP contribution in [-0.2, 0) is 0 Å². The molecule has 1 saturated heterocycles. The van der Waals surface area contributed by atoms with Crippen LogP contribution >= 0.6 is 12.2 Å². The molecule has 0 aromatic carbocycles. The minimum Gasteiger partial charge on any atom is -0.389 e. The second-order valence-corrected chi connectivity index (χ2v) is 5.91. The Labute approximate surface area is 121 Å². The number of piperidine rings is 1. The molecule has 3 nitrogen and oxygen atoms in total. The highest BCUT2D eigenvalue weighted by atomic mass is 32.1. The summed E-state index contributed by atoms with van der Waals surface area (Å²) in [5, 5.41) is 0. The van der Waals surface area contributed by atoms with Gasteiger partial charge in [0.1, 0.15) is 4.99 Å². The lowest BCUT2D eigenvalue weighted by atomic mass is 9.94. The number of nitrogens with zero attached hydrogens (tertiary/aromatic N) is 2. The predicted octanol–water partition coefficient (Wildman–Crippen LogP) is 2.96. The van der Waals surface area contributed by atoms with E-state index in [1.165, 1.54) is 24.9 Å². The topological polar surface area (TPSA) is 42.2 Å². The van der Waals surface area contributed by atoms with Gasteiger partial charge in [-0.05, 0) is 38.7 Å². The van der Waals surface area contributed by atoms with Gasteiger partial charge in [0, 0.05) is 24.5 Å². The molecule has 2 rings (SSSR count). The van der Waals surface area contributed by atoms with E-state index in [1.807, 2.05) is 13.8 Å². The normalized spacial score (nSPS) is 19.5. The number of rotatable bonds is 3. The molecule has 2 N–H and O–H groups in total. The van der Waals surface area contributed by atoms with Crippen molar-refractivity contribution < 1.29 is 0 Å². The van der Waals surface area contributed by atoms with Gasteiger partial charge in [0.25, 0.3) is 0 Å². The van der Waals surface area contributed by atoms with Crippen molar-refractivity contribution in [2.24, 2.45) is 11.7 Å². The van der Waals surface area contributed by atoms with Crippen LogP contribution in [0.1, 0.15) is 43.1 Å². The molecule has 2 heterocycles. The van der Waals surface area contributed by atoms with Gasteiger partial charge in [-0.1, -0.05) is 25.6 Å². The summed E-state index contributed by atoms with van der Waals surface area (Å²) >= 11 is 5.22. The average molecular weight is 277 g/mol. The summed E-state index contributed by atoms with van der Waals surface area (Å²) in [6.07, 6.45) is 3.82. The number of hydrogen-bond acceptors (Lipinski definition) is 3. The number of aryl methyl sites for hydroxylation is 2. The Morgan fingerprint density at radius 1 is 1.53 bits per heavy atom. The predicted molar refractivity (Wildman–Crippen MR) is 84.8 cm³/mol. The Morgan fingerprint density at radius 3 is 2.89 bits per heavy atom. The number of anilines is 1. The molecule has 0 radical (unpaired) electrons. The third-order valence-corrected chi connectivity index (χ3v) is 4.20. The lowest BCUT2D eigenvalue weighted by Gasteiger charge is -2.35. The second kappa shape index (κ2) is 5.87. The Morgan fingerprint density at radius 2 is 2.26 bits per heavy atom. The van der Waals surface area contributed by atoms with Crippen molar-refractivity contribution >= 4 is 22.9 Å². The molecule has 1 atom stereocenters. The first kappa shape index (κ1) is 14.3. The van der Waals surface area contributed by atoms with Crippen LogP contribution < -0.4 is 10.6 Å². The number of pyridine rings is 1. The first-order valence-electron chi connectivity index (χ1n) is 7.06. The van der Waals surface area contributed by atoms with Crippen LogP contribution in [0.2, 0.25) is 0 Å². The summed E-state index contributed by atoms with van der Waals surface area (Å²) in [6, 6.07) is 2.12. The standard InChI is InChI=1S/C15H23N3S/c1-4-12-6-5-7-18(9-12)13-8-10(2)17-11(3)14(13)15(16)19/h8,12H,4-7,9H2,1-3H3,(H2,16,19). The van der Waals surface area contributed by atoms with Gasteiger partial charge in [-0.3, -0.25) is 4.98 Å². The smallest absolute Gasteiger partial charge is 0.107 e. The van der Waals surface area contributed by atoms with E-state index >= 15 is 0 Å². The third kappa shape index (κ3) is 3.06. The largest absolute Gasteiger partial charge is 0.389 e. The molecule has 1 fully saturated rings. The summed E-state index contributed by atoms with van der Waals surface area (Å²) in [6.45, 7) is 8.49. The zero-order valence-corrected chi connectivity index (χ0v) is 12.9. The van der Waals surface area contributed by atoms with Gasteiger partial charge in [0.05, 0.1) is 11.3 Å². The quantitative estimate of drug-likeness (QED) is 0.863. The highest BCUT2D eigenvalue weighted by Crippen LogP contribution is 2.29. The van der Waals surface area contributed by atoms with E-state index in [9.17, 15) is 0 Å². The SMILES string of the molecule is CCC1CCCN(c2cc(C)nc(C)c2C(N)=S)C1. The molecule has 104 valence electrons. The summed E-state index contributed by atoms with van der Waals surface area (Å²) < 4.78 is 0. The van der Waals surface area contributed by atoms with Crippen molar-refractivity contribution in [3.63, 3.8) is 0 Å². The number of aromatic nitrogens is 1. The fourth-order valence-electron chi connectivity index (χ4n) is 2.98. The highest BCUT2D eigenvalue weighted by molar-refractivity contribution is 7.80. The van der Waals surface area contributed by atoms with Gasteiger partial charge in [-0.2, -0.15) is 0 Å². The molecule has 1 aliphatic rings. The Balaban J connectivity index is 2.40. The van der Waals surface area contributed by atoms with Gasteiger partial charge < -0.3 is 10.6 Å². The van der Waals surface area contributed by atoms with E-state index in [-0.39, 0.29) is 0 Å². The van der Waals surface area contributed by atoms with Crippen LogP contribution in [0.5, 0.6) is 0 Å². The molecule has 0 bridgehead atoms. The minimum atomic E-state index is 0.457. The molecule has 0 aliphatic carbocycles. The molecule has 0 spiro atoms. The van der Waals surface area contributed by atoms with Crippen molar-refractivity contribution in [1.29, 1.82) is 0 Å². The molecule has 19 heavy (non-hydrogen) atoms. The van der Waals surface area contributed by atoms with Crippen molar-refractivity contribution in [2.75, 3.05) is 18.0 Å². The van der Waals surface area contributed by atoms with Gasteiger partial charge in [0.2, 0.25) is 0 Å². The molecule has 1 unspecified atom stereocenters. The number of hydrogen-bond donors (Lipinski definition) is 1. The zero-order valence-electron chi connectivity index (χ0n) is 12.1. The maximum absolute atomic E-state index is 5.90. The molecule has 1 aliphatic heterocycles. The number of thiocarbonyl (C=S) groups is 1. The third-order valence-electron chi connectivity index (χ3n) is 3.99. The van der Waals surface area contributed by atoms with E-state index in [4.69, 9.17) is 18.0 Å². The zero-order chi connectivity index (χ0) is 14.0. The van der Waals surface area contributed by atoms with Crippen molar-refractivity contribution in [3.05, 3.63) is 23.0 Å². The van der Waals surface area contributed by atoms with Crippen molar-refractivity contribution in [1.82, 2.24) is 4.98 Å². The first-order valence-corrected chi connectivity index (χ1v) is 7.46. The number of nitrogens with two attached hydrogens (primary N) is 1. The summed E-state index contributed by atoms with van der Waals surface area (Å²) in [7, 11) is 0. The van der Waals surface area contributed by atoms with Crippen LogP contribution in [0.3, 0.4) is 0 Å². The highest BCUT2D eigenvalue weighted by Gasteiger charge is 2.22. The lowest BCUT2D eigenvalue weighted by Crippen LogP contribution is -2.36. The molecular weight excluding hydrogens is 254 g/mol. The van der Waals surface area contributed by atoms with Gasteiger partial charge in [-0.25, -0.2) is 0 Å². The van der Waals surface area contributed by atoms with Gasteiger partial charge in [0.15, 0.2) is 0 Å². The molecule has 4 heteroatoms. The minimum absolute atomic E-state index is 0.457. The molecule has 0 saturated carbocycles. The van der Waals surface area contributed by atoms with Gasteiger partial charge in [-0.15, -0.1) is 0 Å². The van der Waals surface area contributed by atoms with E-state index in [0.29, 0.717) is 4.99 Å². The molecule has 1 aromatic rings. The monoisotopic (exact) mass is 277 g/mol. The Hall–Kier alpha value is -1.16. The average Bonchev–Trinajstić information content (AvgIpc) is 2.37. The van der Waals surface area contributed by atoms with E-state index in [1.54, 1.807) is 0 Å². The maximum Gasteiger partial charge on any atom is 0.107 e. The molecule has 1 aromatic heterocycles. The fraction of sp³-hybridized carbons (Fsp3) is 0.600. The maximum atomic E-state index is 5.90. The second-order valence-electron chi connectivity index (χ2n) is 5.47. The Kier molecular flexibility index (Phi) is 4.40. The summed E-state index contributed by atoms with van der Waals surface area (Å²) in [5.74, 6) is 0.779. The van der Waals surface area contributed by atoms with Crippen LogP contribution in [0, 0.1) is 19.8 Å². The van der Waals surface area contributed by atoms with E-state index in [2.05, 4.69) is 22.9 Å². The summed E-state index contributed by atoms with van der Waals surface area (Å²) in [5.41, 5.74) is 10.0.